The number of hydrogen-bond donors (Lipinski definition) is 1. The summed E-state index contributed by atoms with van der Waals surface area (Å²) < 4.78 is 47.2. The molecule has 0 saturated carbocycles. The maximum atomic E-state index is 12.2. The summed E-state index contributed by atoms with van der Waals surface area (Å²) in [6.07, 6.45) is 1.29. The van der Waals surface area contributed by atoms with Crippen LogP contribution < -0.4 is 5.32 Å². The van der Waals surface area contributed by atoms with Gasteiger partial charge in [-0.05, 0) is 0 Å². The molecule has 0 aromatic carbocycles. The first-order valence-electron chi connectivity index (χ1n) is 6.84. The molecule has 0 radical (unpaired) electrons. The summed E-state index contributed by atoms with van der Waals surface area (Å²) in [7, 11) is -6.27. The SMILES string of the molecule is CS(=O)(=O)N1CCN(C(=O)CC2CS(=O)(=O)CCN2)CC1. The molecule has 2 rings (SSSR count). The maximum absolute atomic E-state index is 12.2. The van der Waals surface area contributed by atoms with Crippen molar-refractivity contribution in [1.29, 1.82) is 0 Å². The van der Waals surface area contributed by atoms with Crippen LogP contribution in [0.25, 0.3) is 0 Å². The molecule has 8 nitrogen and oxygen atoms in total. The van der Waals surface area contributed by atoms with Crippen LogP contribution in [0.4, 0.5) is 0 Å². The van der Waals surface area contributed by atoms with E-state index in [2.05, 4.69) is 5.32 Å². The minimum absolute atomic E-state index is 0.0119. The average molecular weight is 339 g/mol. The summed E-state index contributed by atoms with van der Waals surface area (Å²) in [5.41, 5.74) is 0. The molecule has 2 saturated heterocycles. The van der Waals surface area contributed by atoms with Gasteiger partial charge in [0.25, 0.3) is 0 Å². The van der Waals surface area contributed by atoms with Crippen LogP contribution in [0.2, 0.25) is 0 Å². The number of nitrogens with zero attached hydrogens (tertiary/aromatic N) is 2. The normalized spacial score (nSPS) is 27.5. The van der Waals surface area contributed by atoms with E-state index in [-0.39, 0.29) is 29.9 Å². The van der Waals surface area contributed by atoms with E-state index in [0.717, 1.165) is 6.26 Å². The lowest BCUT2D eigenvalue weighted by Gasteiger charge is -2.34. The van der Waals surface area contributed by atoms with E-state index in [1.807, 2.05) is 0 Å². The number of nitrogens with one attached hydrogen (secondary N) is 1. The lowest BCUT2D eigenvalue weighted by atomic mass is 10.2. The molecule has 0 bridgehead atoms. The lowest BCUT2D eigenvalue weighted by molar-refractivity contribution is -0.132. The highest BCUT2D eigenvalue weighted by molar-refractivity contribution is 7.91. The van der Waals surface area contributed by atoms with Gasteiger partial charge in [0.05, 0.1) is 17.8 Å². The zero-order chi connectivity index (χ0) is 15.7. The Morgan fingerprint density at radius 3 is 2.38 bits per heavy atom. The molecule has 0 aromatic heterocycles. The van der Waals surface area contributed by atoms with E-state index < -0.39 is 19.9 Å². The molecule has 2 aliphatic rings. The van der Waals surface area contributed by atoms with E-state index in [0.29, 0.717) is 32.7 Å². The van der Waals surface area contributed by atoms with Gasteiger partial charge < -0.3 is 10.2 Å². The monoisotopic (exact) mass is 339 g/mol. The number of piperazine rings is 1. The highest BCUT2D eigenvalue weighted by Crippen LogP contribution is 2.11. The topological polar surface area (TPSA) is 104 Å². The fourth-order valence-electron chi connectivity index (χ4n) is 2.61. The molecule has 1 atom stereocenters. The Morgan fingerprint density at radius 1 is 1.24 bits per heavy atom. The summed E-state index contributed by atoms with van der Waals surface area (Å²) in [4.78, 5) is 13.8. The molecule has 2 fully saturated rings. The predicted molar refractivity (Wildman–Crippen MR) is 78.1 cm³/mol. The number of hydrogen-bond acceptors (Lipinski definition) is 6. The van der Waals surface area contributed by atoms with Crippen LogP contribution in [0.3, 0.4) is 0 Å². The van der Waals surface area contributed by atoms with Gasteiger partial charge in [0.2, 0.25) is 15.9 Å². The van der Waals surface area contributed by atoms with Crippen molar-refractivity contribution < 1.29 is 21.6 Å². The third-order valence-corrected chi connectivity index (χ3v) is 6.82. The van der Waals surface area contributed by atoms with Gasteiger partial charge in [-0.25, -0.2) is 16.8 Å². The number of carbonyl (C=O) groups is 1. The molecule has 1 amide bonds. The van der Waals surface area contributed by atoms with Gasteiger partial charge in [0.15, 0.2) is 9.84 Å². The number of carbonyl (C=O) groups excluding carboxylic acids is 1. The molecular weight excluding hydrogens is 318 g/mol. The van der Waals surface area contributed by atoms with Gasteiger partial charge in [-0.3, -0.25) is 4.79 Å². The van der Waals surface area contributed by atoms with Crippen molar-refractivity contribution >= 4 is 25.8 Å². The van der Waals surface area contributed by atoms with Crippen LogP contribution in [-0.2, 0) is 24.7 Å². The van der Waals surface area contributed by atoms with Crippen molar-refractivity contribution in [2.75, 3.05) is 50.5 Å². The first-order valence-corrected chi connectivity index (χ1v) is 10.5. The summed E-state index contributed by atoms with van der Waals surface area (Å²) in [5.74, 6) is -0.0231. The molecule has 2 aliphatic heterocycles. The summed E-state index contributed by atoms with van der Waals surface area (Å²) >= 11 is 0. The van der Waals surface area contributed by atoms with Gasteiger partial charge in [-0.15, -0.1) is 0 Å². The fourth-order valence-corrected chi connectivity index (χ4v) is 4.88. The number of rotatable bonds is 3. The first-order chi connectivity index (χ1) is 9.67. The third-order valence-electron chi connectivity index (χ3n) is 3.78. The van der Waals surface area contributed by atoms with Crippen LogP contribution in [-0.4, -0.2) is 88.5 Å². The van der Waals surface area contributed by atoms with E-state index in [1.54, 1.807) is 4.90 Å². The zero-order valence-electron chi connectivity index (χ0n) is 12.0. The molecule has 21 heavy (non-hydrogen) atoms. The standard InChI is InChI=1S/C11H21N3O5S2/c1-20(16,17)14-5-3-13(4-6-14)11(15)8-10-9-21(18,19)7-2-12-10/h10,12H,2-9H2,1H3. The highest BCUT2D eigenvalue weighted by Gasteiger charge is 2.30. The second kappa shape index (κ2) is 6.19. The van der Waals surface area contributed by atoms with Crippen molar-refractivity contribution in [3.63, 3.8) is 0 Å². The Labute approximate surface area is 125 Å². The second-order valence-electron chi connectivity index (χ2n) is 5.51. The van der Waals surface area contributed by atoms with E-state index in [1.165, 1.54) is 4.31 Å². The van der Waals surface area contributed by atoms with Gasteiger partial charge >= 0.3 is 0 Å². The zero-order valence-corrected chi connectivity index (χ0v) is 13.6. The fraction of sp³-hybridized carbons (Fsp3) is 0.909. The van der Waals surface area contributed by atoms with Crippen LogP contribution in [0, 0.1) is 0 Å². The molecule has 0 spiro atoms. The Bertz CT molecular complexity index is 593. The average Bonchev–Trinajstić information content (AvgIpc) is 2.36. The van der Waals surface area contributed by atoms with Crippen molar-refractivity contribution in [3.8, 4) is 0 Å². The molecule has 122 valence electrons. The van der Waals surface area contributed by atoms with Crippen molar-refractivity contribution in [2.24, 2.45) is 0 Å². The lowest BCUT2D eigenvalue weighted by Crippen LogP contribution is -2.52. The second-order valence-corrected chi connectivity index (χ2v) is 9.72. The molecule has 0 aromatic rings. The number of amides is 1. The summed E-state index contributed by atoms with van der Waals surface area (Å²) in [5, 5.41) is 3.04. The van der Waals surface area contributed by atoms with Gasteiger partial charge in [0.1, 0.15) is 0 Å². The Hall–Kier alpha value is -0.710. The van der Waals surface area contributed by atoms with E-state index >= 15 is 0 Å². The minimum atomic E-state index is -3.21. The van der Waals surface area contributed by atoms with E-state index in [9.17, 15) is 21.6 Å². The van der Waals surface area contributed by atoms with Crippen LogP contribution in [0.15, 0.2) is 0 Å². The molecule has 1 N–H and O–H groups in total. The maximum Gasteiger partial charge on any atom is 0.224 e. The summed E-state index contributed by atoms with van der Waals surface area (Å²) in [6, 6.07) is -0.343. The minimum Gasteiger partial charge on any atom is -0.340 e. The molecule has 2 heterocycles. The number of sulfonamides is 1. The first kappa shape index (κ1) is 16.7. The molecule has 1 unspecified atom stereocenters. The number of sulfone groups is 1. The van der Waals surface area contributed by atoms with Gasteiger partial charge in [0, 0.05) is 45.2 Å². The van der Waals surface area contributed by atoms with Crippen LogP contribution in [0.1, 0.15) is 6.42 Å². The largest absolute Gasteiger partial charge is 0.340 e. The van der Waals surface area contributed by atoms with Crippen LogP contribution in [0.5, 0.6) is 0 Å². The molecular formula is C11H21N3O5S2. The van der Waals surface area contributed by atoms with E-state index in [4.69, 9.17) is 0 Å². The molecule has 0 aliphatic carbocycles. The van der Waals surface area contributed by atoms with Gasteiger partial charge in [-0.2, -0.15) is 4.31 Å². The Balaban J connectivity index is 1.85. The highest BCUT2D eigenvalue weighted by atomic mass is 32.2. The predicted octanol–water partition coefficient (Wildman–Crippen LogP) is -2.13. The molecule has 10 heteroatoms. The smallest absolute Gasteiger partial charge is 0.224 e. The third kappa shape index (κ3) is 4.63. The summed E-state index contributed by atoms with van der Waals surface area (Å²) in [6.45, 7) is 1.67. The van der Waals surface area contributed by atoms with Gasteiger partial charge in [-0.1, -0.05) is 0 Å². The van der Waals surface area contributed by atoms with Crippen LogP contribution >= 0.6 is 0 Å². The Morgan fingerprint density at radius 2 is 1.86 bits per heavy atom. The van der Waals surface area contributed by atoms with Crippen molar-refractivity contribution in [1.82, 2.24) is 14.5 Å². The quantitative estimate of drug-likeness (QED) is 0.630. The van der Waals surface area contributed by atoms with Crippen molar-refractivity contribution in [3.05, 3.63) is 0 Å². The van der Waals surface area contributed by atoms with Crippen molar-refractivity contribution in [2.45, 2.75) is 12.5 Å². The Kier molecular flexibility index (Phi) is 4.91.